The van der Waals surface area contributed by atoms with Crippen molar-refractivity contribution < 1.29 is 37.3 Å². The van der Waals surface area contributed by atoms with Gasteiger partial charge >= 0.3 is 5.97 Å². The third-order valence-electron chi connectivity index (χ3n) is 6.17. The molecule has 2 aliphatic rings. The van der Waals surface area contributed by atoms with Gasteiger partial charge in [-0.05, 0) is 33.0 Å². The van der Waals surface area contributed by atoms with Crippen LogP contribution in [0.3, 0.4) is 0 Å². The molecule has 0 bridgehead atoms. The Hall–Kier alpha value is -3.43. The molecule has 1 amide bonds. The minimum atomic E-state index is -1.20. The molecule has 2 fully saturated rings. The van der Waals surface area contributed by atoms with Crippen LogP contribution in [0.25, 0.3) is 5.69 Å². The van der Waals surface area contributed by atoms with Crippen LogP contribution < -0.4 is 10.2 Å². The van der Waals surface area contributed by atoms with E-state index < -0.39 is 41.5 Å². The summed E-state index contributed by atoms with van der Waals surface area (Å²) in [7, 11) is 1.43. The maximum absolute atomic E-state index is 15.1. The van der Waals surface area contributed by atoms with Crippen molar-refractivity contribution in [2.75, 3.05) is 44.8 Å². The standard InChI is InChI=1S/C24H30F2N6O6S/c1-5-36-22(34)20-19(37-24(2,3)38-20)21(33)31-8-6-30(7-9-31)18-16(25)10-15(11-17(18)26)32-13-14(28-29-32)12-27-23(39)35-4/h10-11,13,19-20H,5-9,12H2,1-4H3,(H,27,39)/t19-,20-/m1/s1. The Morgan fingerprint density at radius 3 is 2.41 bits per heavy atom. The Morgan fingerprint density at radius 1 is 1.15 bits per heavy atom. The number of amides is 1. The minimum Gasteiger partial charge on any atom is -0.474 e. The molecule has 2 aromatic rings. The number of hydrogen-bond donors (Lipinski definition) is 1. The van der Waals surface area contributed by atoms with Crippen molar-refractivity contribution in [3.63, 3.8) is 0 Å². The maximum atomic E-state index is 15.1. The van der Waals surface area contributed by atoms with Crippen molar-refractivity contribution in [1.29, 1.82) is 0 Å². The number of esters is 1. The van der Waals surface area contributed by atoms with E-state index in [4.69, 9.17) is 31.2 Å². The number of hydrogen-bond acceptors (Lipinski definition) is 10. The fourth-order valence-corrected chi connectivity index (χ4v) is 4.47. The van der Waals surface area contributed by atoms with E-state index in [2.05, 4.69) is 15.6 Å². The van der Waals surface area contributed by atoms with E-state index in [1.165, 1.54) is 27.8 Å². The molecule has 3 heterocycles. The molecule has 212 valence electrons. The van der Waals surface area contributed by atoms with Crippen molar-refractivity contribution in [3.05, 3.63) is 35.7 Å². The predicted molar refractivity (Wildman–Crippen MR) is 137 cm³/mol. The molecule has 0 radical (unpaired) electrons. The number of methoxy groups -OCH3 is 1. The lowest BCUT2D eigenvalue weighted by Gasteiger charge is -2.37. The second-order valence-corrected chi connectivity index (χ2v) is 9.67. The third-order valence-corrected chi connectivity index (χ3v) is 6.48. The monoisotopic (exact) mass is 568 g/mol. The Bertz CT molecular complexity index is 1210. The molecule has 2 aliphatic heterocycles. The summed E-state index contributed by atoms with van der Waals surface area (Å²) in [5.74, 6) is -3.84. The lowest BCUT2D eigenvalue weighted by Crippen LogP contribution is -2.54. The summed E-state index contributed by atoms with van der Waals surface area (Å²) in [5.41, 5.74) is 0.441. The number of nitrogens with one attached hydrogen (secondary N) is 1. The number of piperazine rings is 1. The Kier molecular flexibility index (Phi) is 8.61. The highest BCUT2D eigenvalue weighted by Gasteiger charge is 2.51. The zero-order chi connectivity index (χ0) is 28.3. The Morgan fingerprint density at radius 2 is 1.79 bits per heavy atom. The van der Waals surface area contributed by atoms with Gasteiger partial charge in [0.05, 0.1) is 32.1 Å². The number of halogens is 2. The van der Waals surface area contributed by atoms with E-state index in [1.54, 1.807) is 20.8 Å². The molecule has 0 saturated carbocycles. The maximum Gasteiger partial charge on any atom is 0.338 e. The highest BCUT2D eigenvalue weighted by atomic mass is 32.1. The van der Waals surface area contributed by atoms with E-state index in [1.807, 2.05) is 0 Å². The first kappa shape index (κ1) is 28.6. The number of aromatic nitrogens is 3. The molecule has 0 spiro atoms. The van der Waals surface area contributed by atoms with Gasteiger partial charge in [-0.15, -0.1) is 5.10 Å². The average molecular weight is 569 g/mol. The molecule has 15 heteroatoms. The van der Waals surface area contributed by atoms with Gasteiger partial charge in [-0.25, -0.2) is 18.3 Å². The minimum absolute atomic E-state index is 0.132. The predicted octanol–water partition coefficient (Wildman–Crippen LogP) is 1.30. The van der Waals surface area contributed by atoms with Crippen molar-refractivity contribution in [2.24, 2.45) is 0 Å². The largest absolute Gasteiger partial charge is 0.474 e. The van der Waals surface area contributed by atoms with Crippen LogP contribution in [0.15, 0.2) is 18.3 Å². The molecule has 0 aliphatic carbocycles. The molecule has 2 atom stereocenters. The third kappa shape index (κ3) is 6.42. The van der Waals surface area contributed by atoms with E-state index in [9.17, 15) is 9.59 Å². The van der Waals surface area contributed by atoms with E-state index in [0.29, 0.717) is 5.69 Å². The topological polar surface area (TPSA) is 120 Å². The van der Waals surface area contributed by atoms with Crippen LogP contribution >= 0.6 is 12.2 Å². The van der Waals surface area contributed by atoms with Gasteiger partial charge in [0.15, 0.2) is 29.6 Å². The summed E-state index contributed by atoms with van der Waals surface area (Å²) in [5, 5.41) is 10.9. The van der Waals surface area contributed by atoms with Crippen LogP contribution in [0.5, 0.6) is 0 Å². The van der Waals surface area contributed by atoms with Crippen LogP contribution in [0.2, 0.25) is 0 Å². The number of nitrogens with zero attached hydrogens (tertiary/aromatic N) is 5. The van der Waals surface area contributed by atoms with Gasteiger partial charge in [-0.2, -0.15) is 0 Å². The van der Waals surface area contributed by atoms with Gasteiger partial charge in [0.25, 0.3) is 11.1 Å². The molecule has 1 aromatic carbocycles. The molecule has 0 unspecified atom stereocenters. The van der Waals surface area contributed by atoms with Crippen LogP contribution in [0, 0.1) is 11.6 Å². The number of rotatable bonds is 7. The molecule has 39 heavy (non-hydrogen) atoms. The summed E-state index contributed by atoms with van der Waals surface area (Å²) >= 11 is 4.90. The quantitative estimate of drug-likeness (QED) is 0.384. The number of anilines is 1. The molecule has 2 saturated heterocycles. The number of benzene rings is 1. The number of carbonyl (C=O) groups is 2. The number of ether oxygens (including phenoxy) is 4. The van der Waals surface area contributed by atoms with Crippen LogP contribution in [0.4, 0.5) is 14.5 Å². The zero-order valence-electron chi connectivity index (χ0n) is 22.0. The van der Waals surface area contributed by atoms with Crippen molar-refractivity contribution >= 4 is 35.0 Å². The van der Waals surface area contributed by atoms with Gasteiger partial charge in [0.1, 0.15) is 11.4 Å². The molecule has 1 aromatic heterocycles. The Labute approximate surface area is 229 Å². The van der Waals surface area contributed by atoms with Gasteiger partial charge in [-0.1, -0.05) is 5.21 Å². The lowest BCUT2D eigenvalue weighted by molar-refractivity contribution is -0.170. The van der Waals surface area contributed by atoms with Gasteiger partial charge < -0.3 is 34.1 Å². The van der Waals surface area contributed by atoms with E-state index in [0.717, 1.165) is 12.1 Å². The Balaban J connectivity index is 1.41. The fraction of sp³-hybridized carbons (Fsp3) is 0.542. The first-order valence-corrected chi connectivity index (χ1v) is 12.7. The second kappa shape index (κ2) is 11.8. The van der Waals surface area contributed by atoms with Crippen molar-refractivity contribution in [1.82, 2.24) is 25.2 Å². The molecule has 1 N–H and O–H groups in total. The molecule has 12 nitrogen and oxygen atoms in total. The first-order chi connectivity index (χ1) is 18.5. The molecular weight excluding hydrogens is 538 g/mol. The highest BCUT2D eigenvalue weighted by molar-refractivity contribution is 7.80. The second-order valence-electron chi connectivity index (χ2n) is 9.30. The number of thiocarbonyl (C=S) groups is 1. The van der Waals surface area contributed by atoms with Gasteiger partial charge in [0, 0.05) is 38.3 Å². The van der Waals surface area contributed by atoms with Gasteiger partial charge in [0.2, 0.25) is 0 Å². The first-order valence-electron chi connectivity index (χ1n) is 12.3. The van der Waals surface area contributed by atoms with Gasteiger partial charge in [-0.3, -0.25) is 4.79 Å². The van der Waals surface area contributed by atoms with Crippen molar-refractivity contribution in [2.45, 2.75) is 45.3 Å². The molecular formula is C24H30F2N6O6S. The zero-order valence-corrected chi connectivity index (χ0v) is 22.8. The fourth-order valence-electron chi connectivity index (χ4n) is 4.40. The summed E-state index contributed by atoms with van der Waals surface area (Å²) in [6.07, 6.45) is -0.854. The van der Waals surface area contributed by atoms with Crippen LogP contribution in [-0.2, 0) is 35.1 Å². The average Bonchev–Trinajstić information content (AvgIpc) is 3.51. The molecule has 4 rings (SSSR count). The van der Waals surface area contributed by atoms with Crippen molar-refractivity contribution in [3.8, 4) is 5.69 Å². The van der Waals surface area contributed by atoms with Crippen LogP contribution in [-0.4, -0.2) is 94.8 Å². The highest BCUT2D eigenvalue weighted by Crippen LogP contribution is 2.31. The van der Waals surface area contributed by atoms with Crippen LogP contribution in [0.1, 0.15) is 26.5 Å². The SMILES string of the molecule is CCOC(=O)[C@@H]1OC(C)(C)O[C@H]1C(=O)N1CCN(c2c(F)cc(-n3cc(CNC(=S)OC)nn3)cc2F)CC1. The summed E-state index contributed by atoms with van der Waals surface area (Å²) < 4.78 is 52.7. The number of carbonyl (C=O) groups excluding carboxylic acids is 2. The normalized spacial score (nSPS) is 20.6. The van der Waals surface area contributed by atoms with E-state index in [-0.39, 0.29) is 55.9 Å². The van der Waals surface area contributed by atoms with E-state index >= 15 is 8.78 Å². The summed E-state index contributed by atoms with van der Waals surface area (Å²) in [6, 6.07) is 2.33. The summed E-state index contributed by atoms with van der Waals surface area (Å²) in [6.45, 7) is 5.89. The summed E-state index contributed by atoms with van der Waals surface area (Å²) in [4.78, 5) is 28.6. The smallest absolute Gasteiger partial charge is 0.338 e. The lowest BCUT2D eigenvalue weighted by atomic mass is 10.1.